The summed E-state index contributed by atoms with van der Waals surface area (Å²) in [5, 5.41) is 12.7. The summed E-state index contributed by atoms with van der Waals surface area (Å²) in [4.78, 5) is 20.3. The molecule has 40 heavy (non-hydrogen) atoms. The number of hydrogen-bond acceptors (Lipinski definition) is 7. The second-order valence-electron chi connectivity index (χ2n) is 13.2. The van der Waals surface area contributed by atoms with Gasteiger partial charge in [-0.2, -0.15) is 9.61 Å². The molecule has 1 aliphatic heterocycles. The van der Waals surface area contributed by atoms with Crippen LogP contribution < -0.4 is 20.8 Å². The van der Waals surface area contributed by atoms with Gasteiger partial charge in [0.25, 0.3) is 0 Å². The van der Waals surface area contributed by atoms with Crippen molar-refractivity contribution < 1.29 is 14.1 Å². The van der Waals surface area contributed by atoms with Crippen molar-refractivity contribution in [2.24, 2.45) is 0 Å². The van der Waals surface area contributed by atoms with Crippen molar-refractivity contribution in [3.05, 3.63) is 47.7 Å². The molecular weight excluding hydrogens is 523 g/mol. The number of carbonyl (C=O) groups excluding carboxylic acids is 1. The molecule has 0 saturated carbocycles. The second-order valence-corrected chi connectivity index (χ2v) is 16.4. The molecule has 1 atom stereocenters. The van der Waals surface area contributed by atoms with Crippen LogP contribution in [0.5, 0.6) is 0 Å². The lowest BCUT2D eigenvalue weighted by Crippen LogP contribution is -2.50. The van der Waals surface area contributed by atoms with Gasteiger partial charge in [-0.15, -0.1) is 0 Å². The molecule has 1 aliphatic rings. The van der Waals surface area contributed by atoms with E-state index in [4.69, 9.17) is 9.72 Å². The highest BCUT2D eigenvalue weighted by atomic mass is 31.2. The normalized spacial score (nSPS) is 17.7. The predicted molar refractivity (Wildman–Crippen MR) is 164 cm³/mol. The summed E-state index contributed by atoms with van der Waals surface area (Å²) < 4.78 is 20.4. The van der Waals surface area contributed by atoms with Crippen molar-refractivity contribution in [3.8, 4) is 0 Å². The summed E-state index contributed by atoms with van der Waals surface area (Å²) in [7, 11) is -2.48. The van der Waals surface area contributed by atoms with Crippen LogP contribution in [-0.2, 0) is 15.8 Å². The van der Waals surface area contributed by atoms with Crippen LogP contribution in [0.2, 0.25) is 0 Å². The Hall–Kier alpha value is -2.90. The third-order valence-electron chi connectivity index (χ3n) is 7.16. The van der Waals surface area contributed by atoms with Crippen LogP contribution >= 0.6 is 7.14 Å². The molecule has 218 valence electrons. The van der Waals surface area contributed by atoms with Gasteiger partial charge < -0.3 is 19.9 Å². The summed E-state index contributed by atoms with van der Waals surface area (Å²) in [5.74, 6) is 1.44. The number of anilines is 2. The highest BCUT2D eigenvalue weighted by Gasteiger charge is 2.30. The Morgan fingerprint density at radius 1 is 1.27 bits per heavy atom. The van der Waals surface area contributed by atoms with Gasteiger partial charge in [-0.3, -0.25) is 4.90 Å². The number of rotatable bonds is 7. The van der Waals surface area contributed by atoms with Crippen LogP contribution in [0.1, 0.15) is 78.4 Å². The number of amides is 1. The van der Waals surface area contributed by atoms with Gasteiger partial charge in [-0.05, 0) is 78.3 Å². The zero-order valence-electron chi connectivity index (χ0n) is 25.4. The predicted octanol–water partition coefficient (Wildman–Crippen LogP) is 5.98. The number of ether oxygens (including phenoxy) is 1. The number of hydrogen-bond donors (Lipinski definition) is 2. The van der Waals surface area contributed by atoms with Crippen LogP contribution in [0.4, 0.5) is 16.4 Å². The Morgan fingerprint density at radius 2 is 2.00 bits per heavy atom. The quantitative estimate of drug-likeness (QED) is 0.338. The standard InChI is InChI=1S/C30H45N6O3P/c1-20(2)24-18-32-36-26(16-25(34-27(24)36)33-22-13-14-30(6,7)31-17-22)35(28(37)39-29(3,4)5)19-21-11-10-12-23(15-21)40(8,9)38/h10-12,15-16,18,20,22,31H,13-14,17,19H2,1-9H3,(H,33,34)/t22-/m1/s1. The highest BCUT2D eigenvalue weighted by Crippen LogP contribution is 2.35. The van der Waals surface area contributed by atoms with Gasteiger partial charge in [0, 0.05) is 35.1 Å². The van der Waals surface area contributed by atoms with E-state index in [2.05, 4.69) is 43.4 Å². The highest BCUT2D eigenvalue weighted by molar-refractivity contribution is 7.70. The largest absolute Gasteiger partial charge is 0.443 e. The van der Waals surface area contributed by atoms with E-state index >= 15 is 0 Å². The number of piperidine rings is 1. The van der Waals surface area contributed by atoms with Crippen LogP contribution in [0.25, 0.3) is 5.65 Å². The molecule has 1 aromatic carbocycles. The molecule has 0 aliphatic carbocycles. The van der Waals surface area contributed by atoms with E-state index in [-0.39, 0.29) is 24.0 Å². The fourth-order valence-electron chi connectivity index (χ4n) is 4.82. The van der Waals surface area contributed by atoms with Gasteiger partial charge in [0.05, 0.1) is 12.7 Å². The minimum atomic E-state index is -2.48. The lowest BCUT2D eigenvalue weighted by atomic mass is 9.91. The fourth-order valence-corrected chi connectivity index (χ4v) is 5.75. The molecule has 1 amide bonds. The number of aromatic nitrogens is 3. The first-order chi connectivity index (χ1) is 18.5. The van der Waals surface area contributed by atoms with Crippen molar-refractivity contribution in [1.29, 1.82) is 0 Å². The SMILES string of the molecule is CC(C)c1cnn2c(N(Cc3cccc(P(C)(C)=O)c3)C(=O)OC(C)(C)C)cc(N[C@@H]3CCC(C)(C)NC3)nc12. The van der Waals surface area contributed by atoms with E-state index < -0.39 is 18.8 Å². The lowest BCUT2D eigenvalue weighted by Gasteiger charge is -2.36. The van der Waals surface area contributed by atoms with Gasteiger partial charge in [0.15, 0.2) is 5.65 Å². The van der Waals surface area contributed by atoms with Crippen molar-refractivity contribution in [2.45, 2.75) is 91.0 Å². The third kappa shape index (κ3) is 7.24. The number of benzene rings is 1. The zero-order valence-corrected chi connectivity index (χ0v) is 26.3. The minimum Gasteiger partial charge on any atom is -0.443 e. The van der Waals surface area contributed by atoms with E-state index in [0.717, 1.165) is 35.8 Å². The number of carbonyl (C=O) groups is 1. The first kappa shape index (κ1) is 30.1. The molecule has 3 aromatic rings. The van der Waals surface area contributed by atoms with Crippen molar-refractivity contribution in [3.63, 3.8) is 0 Å². The van der Waals surface area contributed by atoms with Gasteiger partial charge in [0.2, 0.25) is 0 Å². The first-order valence-corrected chi connectivity index (χ1v) is 16.7. The number of nitrogens with one attached hydrogen (secondary N) is 2. The summed E-state index contributed by atoms with van der Waals surface area (Å²) in [6.07, 6.45) is 3.39. The minimum absolute atomic E-state index is 0.111. The van der Waals surface area contributed by atoms with Crippen LogP contribution in [0.3, 0.4) is 0 Å². The molecule has 0 unspecified atom stereocenters. The molecule has 1 fully saturated rings. The van der Waals surface area contributed by atoms with E-state index in [1.165, 1.54) is 0 Å². The molecule has 2 aromatic heterocycles. The fraction of sp³-hybridized carbons (Fsp3) is 0.567. The first-order valence-electron chi connectivity index (χ1n) is 14.1. The van der Waals surface area contributed by atoms with Crippen LogP contribution in [-0.4, -0.2) is 57.7 Å². The van der Waals surface area contributed by atoms with Crippen molar-refractivity contribution >= 4 is 35.8 Å². The average Bonchev–Trinajstić information content (AvgIpc) is 3.26. The molecule has 4 rings (SSSR count). The summed E-state index contributed by atoms with van der Waals surface area (Å²) in [6, 6.07) is 9.68. The van der Waals surface area contributed by atoms with E-state index in [0.29, 0.717) is 17.3 Å². The maximum Gasteiger partial charge on any atom is 0.416 e. The molecular formula is C30H45N6O3P. The van der Waals surface area contributed by atoms with E-state index in [1.54, 1.807) is 22.7 Å². The summed E-state index contributed by atoms with van der Waals surface area (Å²) >= 11 is 0. The maximum atomic E-state index is 13.8. The van der Waals surface area contributed by atoms with Gasteiger partial charge >= 0.3 is 6.09 Å². The molecule has 0 spiro atoms. The molecule has 0 radical (unpaired) electrons. The lowest BCUT2D eigenvalue weighted by molar-refractivity contribution is 0.0575. The van der Waals surface area contributed by atoms with Gasteiger partial charge in [-0.1, -0.05) is 32.0 Å². The van der Waals surface area contributed by atoms with Crippen molar-refractivity contribution in [2.75, 3.05) is 30.1 Å². The smallest absolute Gasteiger partial charge is 0.416 e. The number of fused-ring (bicyclic) bond motifs is 1. The molecule has 2 N–H and O–H groups in total. The van der Waals surface area contributed by atoms with Crippen molar-refractivity contribution in [1.82, 2.24) is 19.9 Å². The Morgan fingerprint density at radius 3 is 2.60 bits per heavy atom. The second kappa shape index (κ2) is 11.2. The maximum absolute atomic E-state index is 13.8. The van der Waals surface area contributed by atoms with E-state index in [9.17, 15) is 9.36 Å². The van der Waals surface area contributed by atoms with E-state index in [1.807, 2.05) is 57.3 Å². The molecule has 0 bridgehead atoms. The average molecular weight is 569 g/mol. The third-order valence-corrected chi connectivity index (χ3v) is 8.68. The van der Waals surface area contributed by atoms with Crippen LogP contribution in [0, 0.1) is 0 Å². The Labute approximate surface area is 238 Å². The van der Waals surface area contributed by atoms with Gasteiger partial charge in [0.1, 0.15) is 24.4 Å². The molecule has 9 nitrogen and oxygen atoms in total. The number of nitrogens with zero attached hydrogens (tertiary/aromatic N) is 4. The molecule has 3 heterocycles. The summed E-state index contributed by atoms with van der Waals surface area (Å²) in [6.45, 7) is 18.8. The molecule has 1 saturated heterocycles. The Kier molecular flexibility index (Phi) is 8.40. The monoisotopic (exact) mass is 568 g/mol. The topological polar surface area (TPSA) is 101 Å². The summed E-state index contributed by atoms with van der Waals surface area (Å²) in [5.41, 5.74) is 1.97. The van der Waals surface area contributed by atoms with Crippen LogP contribution in [0.15, 0.2) is 36.5 Å². The van der Waals surface area contributed by atoms with Gasteiger partial charge in [-0.25, -0.2) is 9.78 Å². The molecule has 10 heteroatoms. The zero-order chi connectivity index (χ0) is 29.5. The Balaban J connectivity index is 1.81. The Bertz CT molecular complexity index is 1410.